The summed E-state index contributed by atoms with van der Waals surface area (Å²) in [4.78, 5) is 10.8. The number of methoxy groups -OCH3 is 1. The first-order valence-corrected chi connectivity index (χ1v) is 4.58. The number of amides is 1. The number of hydrogen-bond acceptors (Lipinski definition) is 2. The lowest BCUT2D eigenvalue weighted by atomic mass is 10.1. The van der Waals surface area contributed by atoms with Crippen LogP contribution in [0.2, 0.25) is 5.02 Å². The highest BCUT2D eigenvalue weighted by Gasteiger charge is 2.02. The van der Waals surface area contributed by atoms with Gasteiger partial charge in [0.25, 0.3) is 0 Å². The third kappa shape index (κ3) is 2.92. The molecule has 1 N–H and O–H groups in total. The van der Waals surface area contributed by atoms with Gasteiger partial charge in [0, 0.05) is 11.6 Å². The van der Waals surface area contributed by atoms with Crippen LogP contribution in [0.1, 0.15) is 11.1 Å². The van der Waals surface area contributed by atoms with Crippen molar-refractivity contribution >= 4 is 17.7 Å². The molecule has 0 fully saturated rings. The molecule has 14 heavy (non-hydrogen) atoms. The molecule has 0 aliphatic heterocycles. The zero-order chi connectivity index (χ0) is 10.6. The quantitative estimate of drug-likeness (QED) is 0.820. The van der Waals surface area contributed by atoms with E-state index in [9.17, 15) is 4.79 Å². The monoisotopic (exact) mass is 213 g/mol. The summed E-state index contributed by atoms with van der Waals surface area (Å²) < 4.78 is 4.44. The highest BCUT2D eigenvalue weighted by Crippen LogP contribution is 2.17. The van der Waals surface area contributed by atoms with Crippen molar-refractivity contribution in [1.82, 2.24) is 5.32 Å². The highest BCUT2D eigenvalue weighted by atomic mass is 35.5. The number of aryl methyl sites for hydroxylation is 1. The minimum atomic E-state index is -0.457. The van der Waals surface area contributed by atoms with Crippen LogP contribution < -0.4 is 5.32 Å². The molecule has 0 atom stereocenters. The summed E-state index contributed by atoms with van der Waals surface area (Å²) in [5, 5.41) is 3.22. The van der Waals surface area contributed by atoms with Gasteiger partial charge in [-0.1, -0.05) is 23.7 Å². The summed E-state index contributed by atoms with van der Waals surface area (Å²) in [6, 6.07) is 5.68. The average molecular weight is 214 g/mol. The number of halogens is 1. The molecule has 1 amide bonds. The van der Waals surface area contributed by atoms with Gasteiger partial charge in [0.2, 0.25) is 0 Å². The maximum absolute atomic E-state index is 10.8. The molecule has 1 aromatic rings. The molecule has 0 radical (unpaired) electrons. The summed E-state index contributed by atoms with van der Waals surface area (Å²) >= 11 is 5.96. The van der Waals surface area contributed by atoms with Crippen LogP contribution in [0.3, 0.4) is 0 Å². The van der Waals surface area contributed by atoms with Crippen LogP contribution in [0.4, 0.5) is 4.79 Å². The van der Waals surface area contributed by atoms with Crippen molar-refractivity contribution in [3.8, 4) is 0 Å². The van der Waals surface area contributed by atoms with E-state index in [4.69, 9.17) is 11.6 Å². The number of carbonyl (C=O) groups is 1. The van der Waals surface area contributed by atoms with Gasteiger partial charge >= 0.3 is 6.09 Å². The summed E-state index contributed by atoms with van der Waals surface area (Å²) in [7, 11) is 1.33. The molecule has 1 rings (SSSR count). The fourth-order valence-electron chi connectivity index (χ4n) is 1.04. The lowest BCUT2D eigenvalue weighted by molar-refractivity contribution is 0.170. The number of rotatable bonds is 2. The van der Waals surface area contributed by atoms with Crippen LogP contribution in [0, 0.1) is 6.92 Å². The Kier molecular flexibility index (Phi) is 3.77. The van der Waals surface area contributed by atoms with E-state index in [1.807, 2.05) is 25.1 Å². The smallest absolute Gasteiger partial charge is 0.407 e. The Morgan fingerprint density at radius 1 is 1.57 bits per heavy atom. The second-order valence-corrected chi connectivity index (χ2v) is 3.35. The van der Waals surface area contributed by atoms with Gasteiger partial charge in [-0.05, 0) is 24.1 Å². The topological polar surface area (TPSA) is 38.3 Å². The molecule has 0 unspecified atom stereocenters. The second kappa shape index (κ2) is 4.86. The predicted octanol–water partition coefficient (Wildman–Crippen LogP) is 2.50. The summed E-state index contributed by atoms with van der Waals surface area (Å²) in [6.07, 6.45) is -0.457. The van der Waals surface area contributed by atoms with Gasteiger partial charge in [-0.3, -0.25) is 0 Å². The third-order valence-corrected chi connectivity index (χ3v) is 2.17. The zero-order valence-electron chi connectivity index (χ0n) is 8.13. The Morgan fingerprint density at radius 2 is 2.29 bits per heavy atom. The first-order chi connectivity index (χ1) is 6.63. The molecule has 0 aliphatic rings. The first-order valence-electron chi connectivity index (χ1n) is 4.20. The predicted molar refractivity (Wildman–Crippen MR) is 55.4 cm³/mol. The van der Waals surface area contributed by atoms with E-state index < -0.39 is 6.09 Å². The van der Waals surface area contributed by atoms with Gasteiger partial charge in [0.1, 0.15) is 0 Å². The summed E-state index contributed by atoms with van der Waals surface area (Å²) in [5.74, 6) is 0. The zero-order valence-corrected chi connectivity index (χ0v) is 8.89. The molecule has 0 spiro atoms. The van der Waals surface area contributed by atoms with E-state index in [1.54, 1.807) is 0 Å². The maximum Gasteiger partial charge on any atom is 0.407 e. The minimum Gasteiger partial charge on any atom is -0.453 e. The van der Waals surface area contributed by atoms with Crippen molar-refractivity contribution in [3.63, 3.8) is 0 Å². The average Bonchev–Trinajstić information content (AvgIpc) is 2.16. The lowest BCUT2D eigenvalue weighted by Crippen LogP contribution is -2.22. The van der Waals surface area contributed by atoms with Crippen molar-refractivity contribution in [2.75, 3.05) is 7.11 Å². The molecule has 0 aliphatic carbocycles. The van der Waals surface area contributed by atoms with Gasteiger partial charge in [-0.2, -0.15) is 0 Å². The Hall–Kier alpha value is -1.22. The van der Waals surface area contributed by atoms with Gasteiger partial charge < -0.3 is 10.1 Å². The molecular weight excluding hydrogens is 202 g/mol. The molecule has 0 saturated heterocycles. The van der Waals surface area contributed by atoms with Crippen molar-refractivity contribution in [1.29, 1.82) is 0 Å². The van der Waals surface area contributed by atoms with E-state index in [0.717, 1.165) is 11.1 Å². The number of alkyl carbamates (subject to hydrolysis) is 1. The number of benzene rings is 1. The number of carbonyl (C=O) groups excluding carboxylic acids is 1. The number of ether oxygens (including phenoxy) is 1. The van der Waals surface area contributed by atoms with Gasteiger partial charge in [-0.15, -0.1) is 0 Å². The Morgan fingerprint density at radius 3 is 2.86 bits per heavy atom. The van der Waals surface area contributed by atoms with E-state index in [1.165, 1.54) is 7.11 Å². The van der Waals surface area contributed by atoms with E-state index in [-0.39, 0.29) is 0 Å². The molecule has 76 valence electrons. The van der Waals surface area contributed by atoms with Crippen LogP contribution in [0.5, 0.6) is 0 Å². The van der Waals surface area contributed by atoms with Crippen molar-refractivity contribution in [2.24, 2.45) is 0 Å². The fourth-order valence-corrected chi connectivity index (χ4v) is 1.34. The molecule has 0 bridgehead atoms. The molecule has 0 saturated carbocycles. The summed E-state index contributed by atoms with van der Waals surface area (Å²) in [6.45, 7) is 2.34. The fraction of sp³-hybridized carbons (Fsp3) is 0.300. The molecule has 0 heterocycles. The minimum absolute atomic E-state index is 0.381. The van der Waals surface area contributed by atoms with Gasteiger partial charge in [0.05, 0.1) is 7.11 Å². The van der Waals surface area contributed by atoms with Crippen LogP contribution in [0.25, 0.3) is 0 Å². The van der Waals surface area contributed by atoms with E-state index >= 15 is 0 Å². The molecular formula is C10H12ClNO2. The highest BCUT2D eigenvalue weighted by molar-refractivity contribution is 6.31. The molecule has 3 nitrogen and oxygen atoms in total. The SMILES string of the molecule is COC(=O)NCc1ccc(C)cc1Cl. The van der Waals surface area contributed by atoms with Gasteiger partial charge in [-0.25, -0.2) is 4.79 Å². The Bertz CT molecular complexity index is 339. The normalized spacial score (nSPS) is 9.64. The summed E-state index contributed by atoms with van der Waals surface area (Å²) in [5.41, 5.74) is 1.97. The lowest BCUT2D eigenvalue weighted by Gasteiger charge is -2.06. The Labute approximate surface area is 88.0 Å². The molecule has 0 aromatic heterocycles. The standard InChI is InChI=1S/C10H12ClNO2/c1-7-3-4-8(9(11)5-7)6-12-10(13)14-2/h3-5H,6H2,1-2H3,(H,12,13). The van der Waals surface area contributed by atoms with Crippen LogP contribution in [0.15, 0.2) is 18.2 Å². The van der Waals surface area contributed by atoms with Crippen LogP contribution in [-0.4, -0.2) is 13.2 Å². The first kappa shape index (κ1) is 10.9. The van der Waals surface area contributed by atoms with Crippen molar-refractivity contribution in [3.05, 3.63) is 34.3 Å². The van der Waals surface area contributed by atoms with Crippen LogP contribution in [-0.2, 0) is 11.3 Å². The number of hydrogen-bond donors (Lipinski definition) is 1. The van der Waals surface area contributed by atoms with Crippen molar-refractivity contribution < 1.29 is 9.53 Å². The third-order valence-electron chi connectivity index (χ3n) is 1.82. The Balaban J connectivity index is 2.63. The van der Waals surface area contributed by atoms with Crippen molar-refractivity contribution in [2.45, 2.75) is 13.5 Å². The van der Waals surface area contributed by atoms with E-state index in [0.29, 0.717) is 11.6 Å². The van der Waals surface area contributed by atoms with Gasteiger partial charge in [0.15, 0.2) is 0 Å². The largest absolute Gasteiger partial charge is 0.453 e. The molecule has 1 aromatic carbocycles. The second-order valence-electron chi connectivity index (χ2n) is 2.94. The maximum atomic E-state index is 10.8. The van der Waals surface area contributed by atoms with Crippen LogP contribution >= 0.6 is 11.6 Å². The van der Waals surface area contributed by atoms with E-state index in [2.05, 4.69) is 10.1 Å². The molecule has 4 heteroatoms. The number of nitrogens with one attached hydrogen (secondary N) is 1.